The number of nitrogens with two attached hydrogens (primary N) is 1. The van der Waals surface area contributed by atoms with Gasteiger partial charge in [0.2, 0.25) is 0 Å². The number of amides is 1. The van der Waals surface area contributed by atoms with Crippen LogP contribution in [0.15, 0.2) is 0 Å². The van der Waals surface area contributed by atoms with Gasteiger partial charge in [-0.3, -0.25) is 9.48 Å². The van der Waals surface area contributed by atoms with Crippen LogP contribution in [-0.4, -0.2) is 33.7 Å². The van der Waals surface area contributed by atoms with Gasteiger partial charge < -0.3 is 10.6 Å². The summed E-state index contributed by atoms with van der Waals surface area (Å²) in [6.07, 6.45) is 3.23. The molecule has 1 aromatic rings. The van der Waals surface area contributed by atoms with Crippen LogP contribution in [-0.2, 0) is 13.5 Å². The van der Waals surface area contributed by atoms with Gasteiger partial charge in [-0.2, -0.15) is 5.10 Å². The molecule has 0 aromatic carbocycles. The highest BCUT2D eigenvalue weighted by atomic mass is 16.2. The summed E-state index contributed by atoms with van der Waals surface area (Å²) in [6.45, 7) is 5.57. The standard InChI is InChI=1S/C13H22N4O/c1-4-10-11(14)12(16(3)15-10)13(18)17(5-2)8-9-6-7-9/h9H,4-8,14H2,1-3H3. The number of carbonyl (C=O) groups is 1. The lowest BCUT2D eigenvalue weighted by Crippen LogP contribution is -2.34. The molecule has 1 saturated carbocycles. The Morgan fingerprint density at radius 2 is 2.17 bits per heavy atom. The summed E-state index contributed by atoms with van der Waals surface area (Å²) < 4.78 is 1.62. The molecule has 0 spiro atoms. The molecule has 18 heavy (non-hydrogen) atoms. The van der Waals surface area contributed by atoms with Gasteiger partial charge in [0.05, 0.1) is 11.4 Å². The first-order valence-electron chi connectivity index (χ1n) is 6.69. The fraction of sp³-hybridized carbons (Fsp3) is 0.692. The number of rotatable bonds is 5. The maximum Gasteiger partial charge on any atom is 0.274 e. The molecule has 1 aromatic heterocycles. The van der Waals surface area contributed by atoms with E-state index in [-0.39, 0.29) is 5.91 Å². The van der Waals surface area contributed by atoms with E-state index in [4.69, 9.17) is 5.73 Å². The van der Waals surface area contributed by atoms with Crippen LogP contribution in [0, 0.1) is 5.92 Å². The number of aromatic nitrogens is 2. The van der Waals surface area contributed by atoms with Crippen LogP contribution in [0.1, 0.15) is 42.9 Å². The monoisotopic (exact) mass is 250 g/mol. The van der Waals surface area contributed by atoms with Crippen molar-refractivity contribution in [1.82, 2.24) is 14.7 Å². The number of hydrogen-bond donors (Lipinski definition) is 1. The lowest BCUT2D eigenvalue weighted by Gasteiger charge is -2.20. The van der Waals surface area contributed by atoms with E-state index < -0.39 is 0 Å². The minimum Gasteiger partial charge on any atom is -0.395 e. The van der Waals surface area contributed by atoms with Crippen LogP contribution in [0.2, 0.25) is 0 Å². The molecule has 0 saturated heterocycles. The number of anilines is 1. The van der Waals surface area contributed by atoms with Gasteiger partial charge in [-0.25, -0.2) is 0 Å². The molecule has 1 heterocycles. The van der Waals surface area contributed by atoms with Gasteiger partial charge in [-0.05, 0) is 32.1 Å². The van der Waals surface area contributed by atoms with E-state index in [1.807, 2.05) is 18.7 Å². The zero-order chi connectivity index (χ0) is 13.3. The minimum absolute atomic E-state index is 0.0107. The SMILES string of the molecule is CCc1nn(C)c(C(=O)N(CC)CC2CC2)c1N. The Hall–Kier alpha value is -1.52. The fourth-order valence-electron chi connectivity index (χ4n) is 2.23. The highest BCUT2D eigenvalue weighted by Crippen LogP contribution is 2.30. The van der Waals surface area contributed by atoms with Gasteiger partial charge in [-0.15, -0.1) is 0 Å². The van der Waals surface area contributed by atoms with Crippen molar-refractivity contribution in [3.8, 4) is 0 Å². The Labute approximate surface area is 108 Å². The molecule has 5 heteroatoms. The van der Waals surface area contributed by atoms with Gasteiger partial charge in [0.1, 0.15) is 5.69 Å². The molecule has 0 atom stereocenters. The van der Waals surface area contributed by atoms with Crippen molar-refractivity contribution >= 4 is 11.6 Å². The maximum atomic E-state index is 12.5. The van der Waals surface area contributed by atoms with Crippen LogP contribution in [0.4, 0.5) is 5.69 Å². The molecule has 2 N–H and O–H groups in total. The van der Waals surface area contributed by atoms with Gasteiger partial charge in [-0.1, -0.05) is 6.92 Å². The third kappa shape index (κ3) is 2.35. The fourth-order valence-corrected chi connectivity index (χ4v) is 2.23. The number of nitrogen functional groups attached to an aromatic ring is 1. The zero-order valence-corrected chi connectivity index (χ0v) is 11.4. The highest BCUT2D eigenvalue weighted by molar-refractivity contribution is 5.98. The summed E-state index contributed by atoms with van der Waals surface area (Å²) in [5.41, 5.74) is 7.91. The summed E-state index contributed by atoms with van der Waals surface area (Å²) in [7, 11) is 1.79. The van der Waals surface area contributed by atoms with Crippen LogP contribution in [0.3, 0.4) is 0 Å². The van der Waals surface area contributed by atoms with Crippen molar-refractivity contribution in [2.45, 2.75) is 33.1 Å². The van der Waals surface area contributed by atoms with E-state index in [0.717, 1.165) is 25.2 Å². The second-order valence-electron chi connectivity index (χ2n) is 4.97. The molecule has 5 nitrogen and oxygen atoms in total. The van der Waals surface area contributed by atoms with Gasteiger partial charge in [0, 0.05) is 20.1 Å². The third-order valence-corrected chi connectivity index (χ3v) is 3.54. The topological polar surface area (TPSA) is 64.2 Å². The molecule has 100 valence electrons. The number of hydrogen-bond acceptors (Lipinski definition) is 3. The van der Waals surface area contributed by atoms with Crippen molar-refractivity contribution in [2.75, 3.05) is 18.8 Å². The average Bonchev–Trinajstić information content (AvgIpc) is 3.11. The number of nitrogens with zero attached hydrogens (tertiary/aromatic N) is 3. The third-order valence-electron chi connectivity index (χ3n) is 3.54. The Kier molecular flexibility index (Phi) is 3.59. The summed E-state index contributed by atoms with van der Waals surface area (Å²) >= 11 is 0. The van der Waals surface area contributed by atoms with E-state index >= 15 is 0 Å². The summed E-state index contributed by atoms with van der Waals surface area (Å²) in [4.78, 5) is 14.4. The Morgan fingerprint density at radius 1 is 1.50 bits per heavy atom. The molecular weight excluding hydrogens is 228 g/mol. The number of aryl methyl sites for hydroxylation is 2. The quantitative estimate of drug-likeness (QED) is 0.860. The maximum absolute atomic E-state index is 12.5. The van der Waals surface area contributed by atoms with Crippen LogP contribution < -0.4 is 5.73 Å². The molecular formula is C13H22N4O. The lowest BCUT2D eigenvalue weighted by atomic mass is 10.2. The Bertz CT molecular complexity index is 448. The predicted octanol–water partition coefficient (Wildman–Crippen LogP) is 1.44. The van der Waals surface area contributed by atoms with Crippen molar-refractivity contribution in [3.63, 3.8) is 0 Å². The zero-order valence-electron chi connectivity index (χ0n) is 11.4. The Balaban J connectivity index is 2.22. The average molecular weight is 250 g/mol. The van der Waals surface area contributed by atoms with Gasteiger partial charge >= 0.3 is 0 Å². The summed E-state index contributed by atoms with van der Waals surface area (Å²) in [5, 5.41) is 4.31. The highest BCUT2D eigenvalue weighted by Gasteiger charge is 2.29. The van der Waals surface area contributed by atoms with E-state index in [1.54, 1.807) is 11.7 Å². The van der Waals surface area contributed by atoms with Crippen molar-refractivity contribution in [2.24, 2.45) is 13.0 Å². The van der Waals surface area contributed by atoms with E-state index in [2.05, 4.69) is 5.10 Å². The van der Waals surface area contributed by atoms with Gasteiger partial charge in [0.25, 0.3) is 5.91 Å². The summed E-state index contributed by atoms with van der Waals surface area (Å²) in [5.74, 6) is 0.700. The minimum atomic E-state index is 0.0107. The first-order chi connectivity index (χ1) is 8.58. The smallest absolute Gasteiger partial charge is 0.274 e. The van der Waals surface area contributed by atoms with Crippen LogP contribution in [0.5, 0.6) is 0 Å². The van der Waals surface area contributed by atoms with Crippen molar-refractivity contribution in [1.29, 1.82) is 0 Å². The second-order valence-corrected chi connectivity index (χ2v) is 4.97. The van der Waals surface area contributed by atoms with Crippen molar-refractivity contribution in [3.05, 3.63) is 11.4 Å². The molecule has 0 radical (unpaired) electrons. The first kappa shape index (κ1) is 12.9. The van der Waals surface area contributed by atoms with E-state index in [0.29, 0.717) is 17.3 Å². The second kappa shape index (κ2) is 5.00. The first-order valence-corrected chi connectivity index (χ1v) is 6.69. The number of carbonyl (C=O) groups excluding carboxylic acids is 1. The Morgan fingerprint density at radius 3 is 2.61 bits per heavy atom. The lowest BCUT2D eigenvalue weighted by molar-refractivity contribution is 0.0747. The van der Waals surface area contributed by atoms with Crippen LogP contribution in [0.25, 0.3) is 0 Å². The van der Waals surface area contributed by atoms with E-state index in [1.165, 1.54) is 12.8 Å². The molecule has 0 bridgehead atoms. The van der Waals surface area contributed by atoms with Crippen molar-refractivity contribution < 1.29 is 4.79 Å². The molecule has 2 rings (SSSR count). The molecule has 0 aliphatic heterocycles. The molecule has 1 fully saturated rings. The molecule has 1 aliphatic rings. The molecule has 1 aliphatic carbocycles. The largest absolute Gasteiger partial charge is 0.395 e. The predicted molar refractivity (Wildman–Crippen MR) is 71.3 cm³/mol. The normalized spacial score (nSPS) is 14.8. The molecule has 1 amide bonds. The van der Waals surface area contributed by atoms with E-state index in [9.17, 15) is 4.79 Å². The van der Waals surface area contributed by atoms with Crippen LogP contribution >= 0.6 is 0 Å². The molecule has 0 unspecified atom stereocenters. The summed E-state index contributed by atoms with van der Waals surface area (Å²) in [6, 6.07) is 0. The van der Waals surface area contributed by atoms with Gasteiger partial charge in [0.15, 0.2) is 0 Å².